The van der Waals surface area contributed by atoms with Gasteiger partial charge in [-0.2, -0.15) is 9.97 Å². The monoisotopic (exact) mass is 446 g/mol. The molecule has 0 unspecified atom stereocenters. The van der Waals surface area contributed by atoms with Gasteiger partial charge in [-0.1, -0.05) is 6.92 Å². The fraction of sp³-hybridized carbons (Fsp3) is 0.435. The molecule has 2 aliphatic rings. The van der Waals surface area contributed by atoms with Gasteiger partial charge in [0.05, 0.1) is 17.9 Å². The Labute approximate surface area is 190 Å². The lowest BCUT2D eigenvalue weighted by molar-refractivity contribution is -0.145. The molecule has 4 aromatic rings. The Hall–Kier alpha value is -3.69. The van der Waals surface area contributed by atoms with Crippen LogP contribution in [0.5, 0.6) is 5.88 Å². The summed E-state index contributed by atoms with van der Waals surface area (Å²) in [6, 6.07) is 4.07. The van der Waals surface area contributed by atoms with E-state index in [0.29, 0.717) is 17.5 Å². The van der Waals surface area contributed by atoms with Crippen LogP contribution in [0.2, 0.25) is 0 Å². The molecule has 0 aromatic carbocycles. The smallest absolute Gasteiger partial charge is 0.228 e. The molecule has 10 nitrogen and oxygen atoms in total. The normalized spacial score (nSPS) is 22.6. The first-order valence-corrected chi connectivity index (χ1v) is 11.3. The number of nitrogens with zero attached hydrogens (tertiary/aromatic N) is 6. The number of anilines is 1. The molecule has 2 N–H and O–H groups in total. The van der Waals surface area contributed by atoms with Crippen LogP contribution in [0.4, 0.5) is 5.95 Å². The molecule has 4 aromatic heterocycles. The highest BCUT2D eigenvalue weighted by atomic mass is 16.5. The first-order chi connectivity index (χ1) is 16.0. The summed E-state index contributed by atoms with van der Waals surface area (Å²) in [5.74, 6) is 1.28. The van der Waals surface area contributed by atoms with Crippen LogP contribution in [-0.2, 0) is 4.79 Å². The number of methoxy groups -OCH3 is 1. The quantitative estimate of drug-likeness (QED) is 0.485. The Morgan fingerprint density at radius 3 is 2.85 bits per heavy atom. The van der Waals surface area contributed by atoms with E-state index < -0.39 is 0 Å². The molecule has 0 bridgehead atoms. The van der Waals surface area contributed by atoms with Crippen molar-refractivity contribution in [1.82, 2.24) is 34.4 Å². The van der Waals surface area contributed by atoms with Crippen molar-refractivity contribution in [2.75, 3.05) is 25.5 Å². The third-order valence-corrected chi connectivity index (χ3v) is 6.93. The summed E-state index contributed by atoms with van der Waals surface area (Å²) in [5, 5.41) is 12.2. The minimum atomic E-state index is -0.295. The van der Waals surface area contributed by atoms with E-state index >= 15 is 0 Å². The second kappa shape index (κ2) is 7.43. The van der Waals surface area contributed by atoms with Crippen LogP contribution >= 0.6 is 0 Å². The van der Waals surface area contributed by atoms with Crippen molar-refractivity contribution in [3.8, 4) is 17.0 Å². The third-order valence-electron chi connectivity index (χ3n) is 6.93. The fourth-order valence-electron chi connectivity index (χ4n) is 5.22. The van der Waals surface area contributed by atoms with Crippen LogP contribution in [0, 0.1) is 5.41 Å². The van der Waals surface area contributed by atoms with Gasteiger partial charge in [0.15, 0.2) is 5.65 Å². The number of carbonyl (C=O) groups excluding carboxylic acids is 1. The number of aromatic amines is 1. The zero-order valence-corrected chi connectivity index (χ0v) is 18.7. The molecule has 6 rings (SSSR count). The van der Waals surface area contributed by atoms with Gasteiger partial charge in [-0.15, -0.1) is 10.2 Å². The van der Waals surface area contributed by atoms with Crippen LogP contribution in [0.25, 0.3) is 27.8 Å². The molecule has 2 fully saturated rings. The SMILES string of the molecule is COc1nc(NC2CC(C)(C(=O)N3CCCC3)C2)nc2[nH]cc(-c3ccc4nncn4c3)c12. The van der Waals surface area contributed by atoms with Gasteiger partial charge in [-0.05, 0) is 37.8 Å². The Balaban J connectivity index is 1.24. The maximum Gasteiger partial charge on any atom is 0.228 e. The molecule has 5 heterocycles. The van der Waals surface area contributed by atoms with Gasteiger partial charge < -0.3 is 19.9 Å². The lowest BCUT2D eigenvalue weighted by atomic mass is 9.66. The minimum Gasteiger partial charge on any atom is -0.480 e. The minimum absolute atomic E-state index is 0.161. The summed E-state index contributed by atoms with van der Waals surface area (Å²) in [6.07, 6.45) is 9.33. The summed E-state index contributed by atoms with van der Waals surface area (Å²) in [6.45, 7) is 3.85. The highest BCUT2D eigenvalue weighted by molar-refractivity contribution is 5.97. The average Bonchev–Trinajstić information content (AvgIpc) is 3.56. The summed E-state index contributed by atoms with van der Waals surface area (Å²) in [5.41, 5.74) is 3.10. The van der Waals surface area contributed by atoms with Gasteiger partial charge in [-0.25, -0.2) is 0 Å². The molecule has 0 atom stereocenters. The zero-order chi connectivity index (χ0) is 22.6. The molecule has 0 spiro atoms. The molecule has 1 aliphatic heterocycles. The second-order valence-corrected chi connectivity index (χ2v) is 9.31. The van der Waals surface area contributed by atoms with Gasteiger partial charge in [0.2, 0.25) is 17.7 Å². The maximum atomic E-state index is 12.9. The van der Waals surface area contributed by atoms with Crippen molar-refractivity contribution in [3.05, 3.63) is 30.9 Å². The van der Waals surface area contributed by atoms with Crippen molar-refractivity contribution in [3.63, 3.8) is 0 Å². The van der Waals surface area contributed by atoms with E-state index in [-0.39, 0.29) is 17.4 Å². The van der Waals surface area contributed by atoms with Crippen LogP contribution in [0.3, 0.4) is 0 Å². The number of rotatable bonds is 5. The van der Waals surface area contributed by atoms with Crippen LogP contribution in [0.1, 0.15) is 32.6 Å². The number of likely N-dealkylation sites (tertiary alicyclic amines) is 1. The first kappa shape index (κ1) is 20.0. The number of pyridine rings is 1. The van der Waals surface area contributed by atoms with Gasteiger partial charge in [0, 0.05) is 42.7 Å². The van der Waals surface area contributed by atoms with E-state index in [1.54, 1.807) is 13.4 Å². The summed E-state index contributed by atoms with van der Waals surface area (Å²) >= 11 is 0. The lowest BCUT2D eigenvalue weighted by Gasteiger charge is -2.45. The van der Waals surface area contributed by atoms with E-state index in [2.05, 4.69) is 37.4 Å². The molecule has 10 heteroatoms. The third kappa shape index (κ3) is 3.28. The Morgan fingerprint density at radius 1 is 1.24 bits per heavy atom. The van der Waals surface area contributed by atoms with E-state index in [9.17, 15) is 4.79 Å². The van der Waals surface area contributed by atoms with Crippen molar-refractivity contribution >= 4 is 28.5 Å². The van der Waals surface area contributed by atoms with Crippen molar-refractivity contribution < 1.29 is 9.53 Å². The predicted octanol–water partition coefficient (Wildman–Crippen LogP) is 2.88. The van der Waals surface area contributed by atoms with Gasteiger partial charge >= 0.3 is 0 Å². The number of aromatic nitrogens is 6. The molecular weight excluding hydrogens is 420 g/mol. The molecule has 1 amide bonds. The topological polar surface area (TPSA) is 113 Å². The Kier molecular flexibility index (Phi) is 4.49. The second-order valence-electron chi connectivity index (χ2n) is 9.31. The summed E-state index contributed by atoms with van der Waals surface area (Å²) in [7, 11) is 1.61. The molecule has 33 heavy (non-hydrogen) atoms. The molecule has 1 aliphatic carbocycles. The molecule has 0 radical (unpaired) electrons. The lowest BCUT2D eigenvalue weighted by Crippen LogP contribution is -2.53. The number of hydrogen-bond acceptors (Lipinski definition) is 7. The van der Waals surface area contributed by atoms with E-state index in [1.165, 1.54) is 0 Å². The highest BCUT2D eigenvalue weighted by Crippen LogP contribution is 2.44. The standard InChI is InChI=1S/C23H26N8O2/c1-23(21(32)30-7-3-4-8-30)9-15(10-23)26-22-27-19-18(20(28-22)33-2)16(11-24-19)14-5-6-17-29-25-13-31(17)12-14/h5-6,11-13,15H,3-4,7-10H2,1-2H3,(H2,24,26,27,28). The number of amides is 1. The van der Waals surface area contributed by atoms with Gasteiger partial charge in [-0.3, -0.25) is 9.20 Å². The average molecular weight is 447 g/mol. The van der Waals surface area contributed by atoms with Crippen LogP contribution in [-0.4, -0.2) is 66.6 Å². The Bertz CT molecular complexity index is 1350. The molecule has 170 valence electrons. The maximum absolute atomic E-state index is 12.9. The highest BCUT2D eigenvalue weighted by Gasteiger charge is 2.48. The fourth-order valence-corrected chi connectivity index (χ4v) is 5.22. The molecule has 1 saturated carbocycles. The van der Waals surface area contributed by atoms with Crippen molar-refractivity contribution in [1.29, 1.82) is 0 Å². The summed E-state index contributed by atoms with van der Waals surface area (Å²) < 4.78 is 7.51. The number of H-pyrrole nitrogens is 1. The van der Waals surface area contributed by atoms with E-state index in [0.717, 1.165) is 60.9 Å². The van der Waals surface area contributed by atoms with E-state index in [1.807, 2.05) is 33.8 Å². The van der Waals surface area contributed by atoms with Crippen LogP contribution in [0.15, 0.2) is 30.9 Å². The predicted molar refractivity (Wildman–Crippen MR) is 123 cm³/mol. The van der Waals surface area contributed by atoms with Gasteiger partial charge in [0.1, 0.15) is 12.0 Å². The zero-order valence-electron chi connectivity index (χ0n) is 18.7. The van der Waals surface area contributed by atoms with Crippen molar-refractivity contribution in [2.45, 2.75) is 38.6 Å². The molecule has 1 saturated heterocycles. The number of ether oxygens (including phenoxy) is 1. The number of fused-ring (bicyclic) bond motifs is 2. The summed E-state index contributed by atoms with van der Waals surface area (Å²) in [4.78, 5) is 27.4. The largest absolute Gasteiger partial charge is 0.480 e. The number of hydrogen-bond donors (Lipinski definition) is 2. The Morgan fingerprint density at radius 2 is 2.06 bits per heavy atom. The van der Waals surface area contributed by atoms with Crippen LogP contribution < -0.4 is 10.1 Å². The van der Waals surface area contributed by atoms with E-state index in [4.69, 9.17) is 4.74 Å². The van der Waals surface area contributed by atoms with Gasteiger partial charge in [0.25, 0.3) is 0 Å². The molecular formula is C23H26N8O2. The van der Waals surface area contributed by atoms with Crippen molar-refractivity contribution in [2.24, 2.45) is 5.41 Å². The number of nitrogens with one attached hydrogen (secondary N) is 2. The first-order valence-electron chi connectivity index (χ1n) is 11.3. The number of carbonyl (C=O) groups is 1.